The summed E-state index contributed by atoms with van der Waals surface area (Å²) < 4.78 is 0. The molecule has 0 aromatic heterocycles. The molecule has 0 bridgehead atoms. The van der Waals surface area contributed by atoms with Crippen LogP contribution in [-0.4, -0.2) is 72.6 Å². The molecule has 0 saturated heterocycles. The van der Waals surface area contributed by atoms with Crippen LogP contribution in [0.25, 0.3) is 0 Å². The molecular weight excluding hydrogens is 378 g/mol. The summed E-state index contributed by atoms with van der Waals surface area (Å²) in [4.78, 5) is 7.36. The van der Waals surface area contributed by atoms with Crippen molar-refractivity contribution >= 4 is 0 Å². The predicted octanol–water partition coefficient (Wildman–Crippen LogP) is 7.69. The van der Waals surface area contributed by atoms with Crippen molar-refractivity contribution in [3.8, 4) is 0 Å². The van der Waals surface area contributed by atoms with Gasteiger partial charge in [-0.05, 0) is 82.5 Å². The van der Waals surface area contributed by atoms with Crippen LogP contribution in [0.3, 0.4) is 0 Å². The van der Waals surface area contributed by atoms with Gasteiger partial charge in [-0.2, -0.15) is 0 Å². The molecule has 0 aromatic carbocycles. The second-order valence-corrected chi connectivity index (χ2v) is 10.8. The van der Waals surface area contributed by atoms with Gasteiger partial charge >= 0.3 is 0 Å². The molecule has 0 unspecified atom stereocenters. The third-order valence-electron chi connectivity index (χ3n) is 6.66. The van der Waals surface area contributed by atoms with E-state index in [2.05, 4.69) is 91.1 Å². The Kier molecular flexibility index (Phi) is 23.2. The minimum Gasteiger partial charge on any atom is -0.303 e. The molecule has 0 amide bonds. The molecule has 0 atom stereocenters. The van der Waals surface area contributed by atoms with Crippen LogP contribution >= 0.6 is 0 Å². The van der Waals surface area contributed by atoms with Crippen molar-refractivity contribution in [2.24, 2.45) is 0 Å². The van der Waals surface area contributed by atoms with Crippen LogP contribution in [0.2, 0.25) is 0 Å². The first-order valence-electron chi connectivity index (χ1n) is 13.7. The highest BCUT2D eigenvalue weighted by atomic mass is 15.2. The summed E-state index contributed by atoms with van der Waals surface area (Å²) >= 11 is 0. The van der Waals surface area contributed by atoms with E-state index in [4.69, 9.17) is 0 Å². The van der Waals surface area contributed by atoms with Gasteiger partial charge in [0.15, 0.2) is 0 Å². The molecule has 0 aliphatic rings. The van der Waals surface area contributed by atoms with Crippen LogP contribution in [0.15, 0.2) is 0 Å². The Hall–Kier alpha value is -0.120. The molecule has 0 N–H and O–H groups in total. The molecule has 0 radical (unpaired) electrons. The second-order valence-electron chi connectivity index (χ2n) is 10.8. The highest BCUT2D eigenvalue weighted by molar-refractivity contribution is 4.67. The molecule has 0 fully saturated rings. The van der Waals surface area contributed by atoms with Gasteiger partial charge in [0.25, 0.3) is 0 Å². The predicted molar refractivity (Wildman–Crippen MR) is 144 cm³/mol. The third kappa shape index (κ3) is 21.5. The van der Waals surface area contributed by atoms with E-state index in [0.717, 1.165) is 13.1 Å². The first-order valence-corrected chi connectivity index (χ1v) is 13.7. The summed E-state index contributed by atoms with van der Waals surface area (Å²) in [7, 11) is 4.36. The van der Waals surface area contributed by atoms with E-state index in [9.17, 15) is 0 Å². The number of unbranched alkanes of at least 4 members (excludes halogenated alkanes) is 9. The van der Waals surface area contributed by atoms with Crippen molar-refractivity contribution in [3.63, 3.8) is 0 Å². The lowest BCUT2D eigenvalue weighted by atomic mass is 10.1. The highest BCUT2D eigenvalue weighted by Crippen LogP contribution is 2.12. The Balaban J connectivity index is 0. The average Bonchev–Trinajstić information content (AvgIpc) is 2.69. The Morgan fingerprint density at radius 1 is 0.419 bits per heavy atom. The van der Waals surface area contributed by atoms with Crippen LogP contribution in [-0.2, 0) is 0 Å². The Morgan fingerprint density at radius 2 is 0.742 bits per heavy atom. The zero-order chi connectivity index (χ0) is 24.2. The van der Waals surface area contributed by atoms with Gasteiger partial charge in [0.2, 0.25) is 0 Å². The summed E-state index contributed by atoms with van der Waals surface area (Å²) in [5.74, 6) is 0. The van der Waals surface area contributed by atoms with Gasteiger partial charge in [0, 0.05) is 37.3 Å². The van der Waals surface area contributed by atoms with Crippen molar-refractivity contribution < 1.29 is 0 Å². The molecule has 31 heavy (non-hydrogen) atoms. The largest absolute Gasteiger partial charge is 0.303 e. The number of nitrogens with zero attached hydrogens (tertiary/aromatic N) is 3. The highest BCUT2D eigenvalue weighted by Gasteiger charge is 2.12. The average molecular weight is 442 g/mol. The summed E-state index contributed by atoms with van der Waals surface area (Å²) in [5, 5.41) is 0. The zero-order valence-electron chi connectivity index (χ0n) is 23.8. The minimum atomic E-state index is 0.658. The summed E-state index contributed by atoms with van der Waals surface area (Å²) in [6.45, 7) is 24.1. The van der Waals surface area contributed by atoms with Crippen molar-refractivity contribution in [1.29, 1.82) is 0 Å². The molecule has 0 rings (SSSR count). The summed E-state index contributed by atoms with van der Waals surface area (Å²) in [6.07, 6.45) is 14.3. The SMILES string of the molecule is CC(C)N(C)CCN(C)C(C)C.CCCCCCCCCCCCN(C(C)C)C(C)C. The van der Waals surface area contributed by atoms with Gasteiger partial charge in [-0.15, -0.1) is 0 Å². The fourth-order valence-corrected chi connectivity index (χ4v) is 3.73. The van der Waals surface area contributed by atoms with Crippen LogP contribution in [0.5, 0.6) is 0 Å². The number of hydrogen-bond acceptors (Lipinski definition) is 3. The fourth-order valence-electron chi connectivity index (χ4n) is 3.73. The van der Waals surface area contributed by atoms with Gasteiger partial charge in [-0.25, -0.2) is 0 Å². The van der Waals surface area contributed by atoms with E-state index < -0.39 is 0 Å². The Labute approximate surface area is 199 Å². The van der Waals surface area contributed by atoms with Crippen LogP contribution in [0.4, 0.5) is 0 Å². The summed E-state index contributed by atoms with van der Waals surface area (Å²) in [5.41, 5.74) is 0. The topological polar surface area (TPSA) is 9.72 Å². The van der Waals surface area contributed by atoms with E-state index >= 15 is 0 Å². The quantitative estimate of drug-likeness (QED) is 0.202. The van der Waals surface area contributed by atoms with Crippen molar-refractivity contribution in [3.05, 3.63) is 0 Å². The third-order valence-corrected chi connectivity index (χ3v) is 6.66. The first kappa shape index (κ1) is 33.1. The lowest BCUT2D eigenvalue weighted by molar-refractivity contribution is 0.171. The Bertz CT molecular complexity index is 330. The maximum absolute atomic E-state index is 2.62. The maximum Gasteiger partial charge on any atom is 0.0109 e. The van der Waals surface area contributed by atoms with Gasteiger partial charge in [0.1, 0.15) is 0 Å². The summed E-state index contributed by atoms with van der Waals surface area (Å²) in [6, 6.07) is 2.70. The van der Waals surface area contributed by atoms with Gasteiger partial charge < -0.3 is 9.80 Å². The molecule has 3 heteroatoms. The van der Waals surface area contributed by atoms with Crippen LogP contribution < -0.4 is 0 Å². The van der Waals surface area contributed by atoms with Crippen LogP contribution in [0.1, 0.15) is 127 Å². The molecule has 0 aliphatic carbocycles. The lowest BCUT2D eigenvalue weighted by Gasteiger charge is -2.30. The molecule has 3 nitrogen and oxygen atoms in total. The number of likely N-dealkylation sites (N-methyl/N-ethyl adjacent to an activating group) is 2. The number of hydrogen-bond donors (Lipinski definition) is 0. The Morgan fingerprint density at radius 3 is 1.03 bits per heavy atom. The van der Waals surface area contributed by atoms with E-state index in [-0.39, 0.29) is 0 Å². The van der Waals surface area contributed by atoms with Crippen molar-refractivity contribution in [2.75, 3.05) is 33.7 Å². The molecular formula is C28H63N3. The normalized spacial score (nSPS) is 12.2. The monoisotopic (exact) mass is 442 g/mol. The molecule has 0 aromatic rings. The van der Waals surface area contributed by atoms with Crippen molar-refractivity contribution in [2.45, 2.75) is 151 Å². The van der Waals surface area contributed by atoms with E-state index in [1.165, 1.54) is 70.8 Å². The second kappa shape index (κ2) is 21.7. The maximum atomic E-state index is 2.62. The van der Waals surface area contributed by atoms with Crippen molar-refractivity contribution in [1.82, 2.24) is 14.7 Å². The van der Waals surface area contributed by atoms with Gasteiger partial charge in [-0.1, -0.05) is 64.7 Å². The fraction of sp³-hybridized carbons (Fsp3) is 1.00. The molecule has 0 spiro atoms. The molecule has 0 heterocycles. The lowest BCUT2D eigenvalue weighted by Crippen LogP contribution is -2.37. The van der Waals surface area contributed by atoms with E-state index in [1.54, 1.807) is 0 Å². The van der Waals surface area contributed by atoms with Crippen LogP contribution in [0, 0.1) is 0 Å². The molecule has 0 saturated carbocycles. The zero-order valence-corrected chi connectivity index (χ0v) is 23.8. The van der Waals surface area contributed by atoms with E-state index in [1.807, 2.05) is 0 Å². The number of rotatable bonds is 18. The van der Waals surface area contributed by atoms with Gasteiger partial charge in [-0.3, -0.25) is 4.90 Å². The minimum absolute atomic E-state index is 0.658. The van der Waals surface area contributed by atoms with Gasteiger partial charge in [0.05, 0.1) is 0 Å². The smallest absolute Gasteiger partial charge is 0.0109 e. The van der Waals surface area contributed by atoms with E-state index in [0.29, 0.717) is 24.2 Å². The standard InChI is InChI=1S/C18H39N.C10H24N2/c1-6-7-8-9-10-11-12-13-14-15-16-19(17(2)3)18(4)5;1-9(2)11(5)7-8-12(6)10(3)4/h17-18H,6-16H2,1-5H3;9-10H,7-8H2,1-6H3. The molecule has 0 aliphatic heterocycles. The molecule has 190 valence electrons. The first-order chi connectivity index (χ1) is 14.5.